The average Bonchev–Trinajstić information content (AvgIpc) is 2.70. The Balaban J connectivity index is 1.52. The van der Waals surface area contributed by atoms with E-state index in [1.807, 2.05) is 48.5 Å². The molecule has 1 aliphatic heterocycles. The molecule has 0 bridgehead atoms. The molecule has 1 saturated heterocycles. The molecule has 28 heavy (non-hydrogen) atoms. The van der Waals surface area contributed by atoms with Crippen LogP contribution in [-0.4, -0.2) is 29.8 Å². The maximum Gasteiger partial charge on any atom is 0.243 e. The summed E-state index contributed by atoms with van der Waals surface area (Å²) in [4.78, 5) is 25.7. The highest BCUT2D eigenvalue weighted by Gasteiger charge is 2.20. The van der Waals surface area contributed by atoms with E-state index in [1.54, 1.807) is 4.90 Å². The van der Waals surface area contributed by atoms with Gasteiger partial charge >= 0.3 is 0 Å². The second kappa shape index (κ2) is 9.56. The molecule has 1 N–H and O–H groups in total. The minimum absolute atomic E-state index is 0.0457. The molecule has 6 heteroatoms. The van der Waals surface area contributed by atoms with E-state index in [2.05, 4.69) is 11.4 Å². The van der Waals surface area contributed by atoms with Crippen molar-refractivity contribution in [2.24, 2.45) is 0 Å². The topological polar surface area (TPSA) is 82.4 Å². The predicted molar refractivity (Wildman–Crippen MR) is 106 cm³/mol. The van der Waals surface area contributed by atoms with Crippen LogP contribution in [0.2, 0.25) is 0 Å². The van der Waals surface area contributed by atoms with Gasteiger partial charge in [0, 0.05) is 18.7 Å². The van der Waals surface area contributed by atoms with Crippen LogP contribution in [0.3, 0.4) is 0 Å². The smallest absolute Gasteiger partial charge is 0.243 e. The second-order valence-electron chi connectivity index (χ2n) is 6.79. The Bertz CT molecular complexity index is 871. The van der Waals surface area contributed by atoms with Crippen LogP contribution in [0.15, 0.2) is 48.5 Å². The highest BCUT2D eigenvalue weighted by Crippen LogP contribution is 2.17. The number of piperidine rings is 1. The van der Waals surface area contributed by atoms with Crippen molar-refractivity contribution < 1.29 is 14.3 Å². The largest absolute Gasteiger partial charge is 0.489 e. The van der Waals surface area contributed by atoms with Crippen molar-refractivity contribution in [3.05, 3.63) is 59.7 Å². The van der Waals surface area contributed by atoms with E-state index < -0.39 is 0 Å². The molecule has 0 spiro atoms. The number of carbonyl (C=O) groups is 2. The van der Waals surface area contributed by atoms with E-state index in [4.69, 9.17) is 10.00 Å². The zero-order valence-corrected chi connectivity index (χ0v) is 15.7. The SMILES string of the molecule is N#CCc1ccc(OCc2cccc(NC(=O)CN3CCCCC3=O)c2)cc1. The molecule has 2 aromatic carbocycles. The van der Waals surface area contributed by atoms with Crippen molar-refractivity contribution in [1.82, 2.24) is 4.90 Å². The molecule has 0 unspecified atom stereocenters. The van der Waals surface area contributed by atoms with Crippen LogP contribution >= 0.6 is 0 Å². The fourth-order valence-corrected chi connectivity index (χ4v) is 3.10. The number of hydrogen-bond acceptors (Lipinski definition) is 4. The third-order valence-corrected chi connectivity index (χ3v) is 4.58. The molecule has 1 aliphatic rings. The average molecular weight is 377 g/mol. The van der Waals surface area contributed by atoms with E-state index in [0.717, 1.165) is 29.7 Å². The van der Waals surface area contributed by atoms with Gasteiger partial charge in [0.25, 0.3) is 0 Å². The number of nitriles is 1. The summed E-state index contributed by atoms with van der Waals surface area (Å²) in [5.41, 5.74) is 2.56. The number of rotatable bonds is 7. The zero-order valence-electron chi connectivity index (χ0n) is 15.7. The number of anilines is 1. The van der Waals surface area contributed by atoms with Gasteiger partial charge in [-0.15, -0.1) is 0 Å². The van der Waals surface area contributed by atoms with Gasteiger partial charge in [0.15, 0.2) is 0 Å². The van der Waals surface area contributed by atoms with Crippen LogP contribution < -0.4 is 10.1 Å². The Morgan fingerprint density at radius 2 is 1.96 bits per heavy atom. The number of ether oxygens (including phenoxy) is 1. The number of nitrogens with zero attached hydrogens (tertiary/aromatic N) is 2. The Kier molecular flexibility index (Phi) is 6.64. The summed E-state index contributed by atoms with van der Waals surface area (Å²) in [5.74, 6) is 0.575. The summed E-state index contributed by atoms with van der Waals surface area (Å²) >= 11 is 0. The van der Waals surface area contributed by atoms with Gasteiger partial charge in [-0.25, -0.2) is 0 Å². The molecular weight excluding hydrogens is 354 g/mol. The second-order valence-corrected chi connectivity index (χ2v) is 6.79. The fraction of sp³-hybridized carbons (Fsp3) is 0.318. The highest BCUT2D eigenvalue weighted by atomic mass is 16.5. The highest BCUT2D eigenvalue weighted by molar-refractivity contribution is 5.94. The van der Waals surface area contributed by atoms with Crippen LogP contribution in [-0.2, 0) is 22.6 Å². The first kappa shape index (κ1) is 19.4. The maximum absolute atomic E-state index is 12.2. The molecular formula is C22H23N3O3. The summed E-state index contributed by atoms with van der Waals surface area (Å²) < 4.78 is 5.77. The number of amides is 2. The van der Waals surface area contributed by atoms with Gasteiger partial charge in [-0.2, -0.15) is 5.26 Å². The number of likely N-dealkylation sites (tertiary alicyclic amines) is 1. The standard InChI is InChI=1S/C22H23N3O3/c23-12-11-17-7-9-20(10-8-17)28-16-18-4-3-5-19(14-18)24-21(26)15-25-13-2-1-6-22(25)27/h3-5,7-10,14H,1-2,6,11,13,15-16H2,(H,24,26). The Morgan fingerprint density at radius 3 is 2.71 bits per heavy atom. The summed E-state index contributed by atoms with van der Waals surface area (Å²) in [6, 6.07) is 17.0. The molecule has 1 heterocycles. The quantitative estimate of drug-likeness (QED) is 0.803. The van der Waals surface area contributed by atoms with Crippen molar-refractivity contribution in [3.8, 4) is 11.8 Å². The van der Waals surface area contributed by atoms with E-state index in [0.29, 0.717) is 31.7 Å². The molecule has 144 valence electrons. The van der Waals surface area contributed by atoms with E-state index >= 15 is 0 Å². The zero-order chi connectivity index (χ0) is 19.8. The normalized spacial score (nSPS) is 13.7. The first-order valence-corrected chi connectivity index (χ1v) is 9.39. The number of hydrogen-bond donors (Lipinski definition) is 1. The van der Waals surface area contributed by atoms with Gasteiger partial charge in [-0.3, -0.25) is 9.59 Å². The molecule has 0 saturated carbocycles. The van der Waals surface area contributed by atoms with E-state index in [1.165, 1.54) is 0 Å². The third kappa shape index (κ3) is 5.58. The Hall–Kier alpha value is -3.33. The van der Waals surface area contributed by atoms with Gasteiger partial charge in [-0.1, -0.05) is 24.3 Å². The molecule has 2 aromatic rings. The Labute approximate surface area is 164 Å². The lowest BCUT2D eigenvalue weighted by Gasteiger charge is -2.26. The summed E-state index contributed by atoms with van der Waals surface area (Å²) in [5, 5.41) is 11.6. The van der Waals surface area contributed by atoms with Crippen LogP contribution in [0.25, 0.3) is 0 Å². The summed E-state index contributed by atoms with van der Waals surface area (Å²) in [7, 11) is 0. The number of benzene rings is 2. The number of carbonyl (C=O) groups excluding carboxylic acids is 2. The first-order valence-electron chi connectivity index (χ1n) is 9.39. The van der Waals surface area contributed by atoms with Crippen LogP contribution in [0.5, 0.6) is 5.75 Å². The minimum Gasteiger partial charge on any atom is -0.489 e. The summed E-state index contributed by atoms with van der Waals surface area (Å²) in [6.07, 6.45) is 2.76. The minimum atomic E-state index is -0.193. The van der Waals surface area contributed by atoms with Crippen molar-refractivity contribution >= 4 is 17.5 Å². The fourth-order valence-electron chi connectivity index (χ4n) is 3.10. The van der Waals surface area contributed by atoms with Crippen LogP contribution in [0.4, 0.5) is 5.69 Å². The van der Waals surface area contributed by atoms with Crippen LogP contribution in [0.1, 0.15) is 30.4 Å². The van der Waals surface area contributed by atoms with Gasteiger partial charge in [0.1, 0.15) is 12.4 Å². The van der Waals surface area contributed by atoms with E-state index in [-0.39, 0.29) is 18.4 Å². The molecule has 0 atom stereocenters. The summed E-state index contributed by atoms with van der Waals surface area (Å²) in [6.45, 7) is 1.10. The van der Waals surface area contributed by atoms with Crippen LogP contribution in [0, 0.1) is 11.3 Å². The van der Waals surface area contributed by atoms with Crippen molar-refractivity contribution in [1.29, 1.82) is 5.26 Å². The third-order valence-electron chi connectivity index (χ3n) is 4.58. The molecule has 6 nitrogen and oxygen atoms in total. The van der Waals surface area contributed by atoms with Crippen molar-refractivity contribution in [3.63, 3.8) is 0 Å². The lowest BCUT2D eigenvalue weighted by molar-refractivity contribution is -0.136. The maximum atomic E-state index is 12.2. The first-order chi connectivity index (χ1) is 13.6. The van der Waals surface area contributed by atoms with Crippen molar-refractivity contribution in [2.45, 2.75) is 32.3 Å². The molecule has 1 fully saturated rings. The van der Waals surface area contributed by atoms with Gasteiger partial charge in [0.05, 0.1) is 19.0 Å². The molecule has 0 radical (unpaired) electrons. The molecule has 0 aliphatic carbocycles. The lowest BCUT2D eigenvalue weighted by atomic mass is 10.1. The Morgan fingerprint density at radius 1 is 1.14 bits per heavy atom. The number of nitrogens with one attached hydrogen (secondary N) is 1. The monoisotopic (exact) mass is 377 g/mol. The molecule has 2 amide bonds. The van der Waals surface area contributed by atoms with E-state index in [9.17, 15) is 9.59 Å². The van der Waals surface area contributed by atoms with Gasteiger partial charge < -0.3 is 15.0 Å². The predicted octanol–water partition coefficient (Wildman–Crippen LogP) is 3.28. The van der Waals surface area contributed by atoms with Crippen molar-refractivity contribution in [2.75, 3.05) is 18.4 Å². The van der Waals surface area contributed by atoms with Gasteiger partial charge in [-0.05, 0) is 48.2 Å². The lowest BCUT2D eigenvalue weighted by Crippen LogP contribution is -2.40. The molecule has 3 rings (SSSR count). The van der Waals surface area contributed by atoms with Gasteiger partial charge in [0.2, 0.25) is 11.8 Å². The molecule has 0 aromatic heterocycles.